The topological polar surface area (TPSA) is 23.5 Å². The zero-order chi connectivity index (χ0) is 14.3. The summed E-state index contributed by atoms with van der Waals surface area (Å²) in [5.41, 5.74) is 1.54. The average molecular weight is 271 g/mol. The molecule has 0 fully saturated rings. The van der Waals surface area contributed by atoms with Crippen molar-refractivity contribution in [1.29, 1.82) is 0 Å². The zero-order valence-corrected chi connectivity index (χ0v) is 10.7. The van der Waals surface area contributed by atoms with E-state index in [2.05, 4.69) is 11.8 Å². The molecular weight excluding hydrogens is 255 g/mol. The van der Waals surface area contributed by atoms with E-state index in [0.29, 0.717) is 6.54 Å². The van der Waals surface area contributed by atoms with Crippen LogP contribution in [0.1, 0.15) is 18.1 Å². The molecule has 0 amide bonds. The van der Waals surface area contributed by atoms with Crippen LogP contribution in [0.4, 0.5) is 13.2 Å². The Bertz CT molecular complexity index is 442. The van der Waals surface area contributed by atoms with Crippen LogP contribution in [-0.4, -0.2) is 35.9 Å². The Morgan fingerprint density at radius 2 is 1.84 bits per heavy atom. The average Bonchev–Trinajstić information content (AvgIpc) is 2.35. The van der Waals surface area contributed by atoms with Gasteiger partial charge in [-0.2, -0.15) is 13.2 Å². The lowest BCUT2D eigenvalue weighted by Crippen LogP contribution is -2.33. The molecule has 0 heterocycles. The molecule has 1 rings (SSSR count). The van der Waals surface area contributed by atoms with Crippen molar-refractivity contribution in [2.45, 2.75) is 19.6 Å². The monoisotopic (exact) mass is 271 g/mol. The molecule has 0 radical (unpaired) electrons. The molecule has 0 saturated carbocycles. The van der Waals surface area contributed by atoms with Crippen LogP contribution in [0, 0.1) is 11.8 Å². The molecule has 0 aliphatic rings. The van der Waals surface area contributed by atoms with Crippen LogP contribution >= 0.6 is 0 Å². The summed E-state index contributed by atoms with van der Waals surface area (Å²) in [6.07, 6.45) is -4.18. The van der Waals surface area contributed by atoms with E-state index in [1.54, 1.807) is 31.2 Å². The molecule has 0 aromatic heterocycles. The number of hydrogen-bond acceptors (Lipinski definition) is 2. The second-order valence-electron chi connectivity index (χ2n) is 4.08. The van der Waals surface area contributed by atoms with Crippen molar-refractivity contribution in [3.8, 4) is 11.8 Å². The third kappa shape index (κ3) is 6.27. The molecule has 5 heteroatoms. The lowest BCUT2D eigenvalue weighted by molar-refractivity contribution is -0.146. The van der Waals surface area contributed by atoms with E-state index in [1.807, 2.05) is 0 Å². The second kappa shape index (κ2) is 7.17. The van der Waals surface area contributed by atoms with Crippen molar-refractivity contribution in [2.75, 3.05) is 19.7 Å². The van der Waals surface area contributed by atoms with Gasteiger partial charge in [0.05, 0.1) is 6.54 Å². The van der Waals surface area contributed by atoms with Crippen molar-refractivity contribution < 1.29 is 18.3 Å². The van der Waals surface area contributed by atoms with Gasteiger partial charge in [-0.25, -0.2) is 0 Å². The Labute approximate surface area is 110 Å². The summed E-state index contributed by atoms with van der Waals surface area (Å²) < 4.78 is 36.9. The first-order valence-corrected chi connectivity index (χ1v) is 5.92. The van der Waals surface area contributed by atoms with Crippen molar-refractivity contribution >= 4 is 0 Å². The van der Waals surface area contributed by atoms with Gasteiger partial charge in [-0.1, -0.05) is 30.9 Å². The maximum absolute atomic E-state index is 12.3. The SMILES string of the molecule is CCN(Cc1ccc(C#CCO)cc1)CC(F)(F)F. The van der Waals surface area contributed by atoms with Crippen molar-refractivity contribution in [1.82, 2.24) is 4.90 Å². The van der Waals surface area contributed by atoms with Crippen molar-refractivity contribution in [3.05, 3.63) is 35.4 Å². The summed E-state index contributed by atoms with van der Waals surface area (Å²) in [6, 6.07) is 6.97. The molecule has 104 valence electrons. The first kappa shape index (κ1) is 15.5. The lowest BCUT2D eigenvalue weighted by atomic mass is 10.1. The molecule has 19 heavy (non-hydrogen) atoms. The van der Waals surface area contributed by atoms with Gasteiger partial charge in [-0.15, -0.1) is 0 Å². The molecule has 1 aromatic carbocycles. The predicted molar refractivity (Wildman–Crippen MR) is 67.4 cm³/mol. The number of hydrogen-bond donors (Lipinski definition) is 1. The number of rotatable bonds is 4. The molecule has 0 aliphatic heterocycles. The highest BCUT2D eigenvalue weighted by Gasteiger charge is 2.29. The maximum atomic E-state index is 12.3. The highest BCUT2D eigenvalue weighted by atomic mass is 19.4. The van der Waals surface area contributed by atoms with E-state index in [9.17, 15) is 13.2 Å². The van der Waals surface area contributed by atoms with Gasteiger partial charge >= 0.3 is 6.18 Å². The number of nitrogens with zero attached hydrogens (tertiary/aromatic N) is 1. The third-order valence-electron chi connectivity index (χ3n) is 2.52. The van der Waals surface area contributed by atoms with Gasteiger partial charge < -0.3 is 5.11 Å². The van der Waals surface area contributed by atoms with Gasteiger partial charge in [0, 0.05) is 12.1 Å². The van der Waals surface area contributed by atoms with E-state index >= 15 is 0 Å². The Kier molecular flexibility index (Phi) is 5.87. The van der Waals surface area contributed by atoms with E-state index in [4.69, 9.17) is 5.11 Å². The van der Waals surface area contributed by atoms with E-state index in [0.717, 1.165) is 11.1 Å². The summed E-state index contributed by atoms with van der Waals surface area (Å²) in [5.74, 6) is 5.25. The lowest BCUT2D eigenvalue weighted by Gasteiger charge is -2.21. The van der Waals surface area contributed by atoms with E-state index in [-0.39, 0.29) is 13.2 Å². The number of aliphatic hydroxyl groups is 1. The fraction of sp³-hybridized carbons (Fsp3) is 0.429. The van der Waals surface area contributed by atoms with Gasteiger partial charge in [0.2, 0.25) is 0 Å². The highest BCUT2D eigenvalue weighted by molar-refractivity contribution is 5.36. The number of benzene rings is 1. The molecular formula is C14H16F3NO. The fourth-order valence-electron chi connectivity index (χ4n) is 1.63. The fourth-order valence-corrected chi connectivity index (χ4v) is 1.63. The highest BCUT2D eigenvalue weighted by Crippen LogP contribution is 2.18. The number of alkyl halides is 3. The molecule has 0 aliphatic carbocycles. The van der Waals surface area contributed by atoms with Gasteiger partial charge in [-0.3, -0.25) is 4.90 Å². The molecule has 1 aromatic rings. The first-order chi connectivity index (χ1) is 8.94. The van der Waals surface area contributed by atoms with Gasteiger partial charge in [0.15, 0.2) is 0 Å². The summed E-state index contributed by atoms with van der Waals surface area (Å²) in [4.78, 5) is 1.33. The molecule has 0 atom stereocenters. The van der Waals surface area contributed by atoms with E-state index in [1.165, 1.54) is 4.90 Å². The first-order valence-electron chi connectivity index (χ1n) is 5.92. The molecule has 0 spiro atoms. The van der Waals surface area contributed by atoms with Gasteiger partial charge in [-0.05, 0) is 24.2 Å². The quantitative estimate of drug-likeness (QED) is 0.850. The normalized spacial score (nSPS) is 11.3. The Balaban J connectivity index is 2.65. The summed E-state index contributed by atoms with van der Waals surface area (Å²) in [5, 5.41) is 8.55. The largest absolute Gasteiger partial charge is 0.401 e. The predicted octanol–water partition coefficient (Wildman–Crippen LogP) is 2.41. The van der Waals surface area contributed by atoms with Crippen molar-refractivity contribution in [3.63, 3.8) is 0 Å². The molecule has 0 bridgehead atoms. The summed E-state index contributed by atoms with van der Waals surface area (Å²) in [6.45, 7) is 1.18. The molecule has 1 N–H and O–H groups in total. The Hall–Kier alpha value is -1.51. The number of halogens is 3. The minimum atomic E-state index is -4.18. The maximum Gasteiger partial charge on any atom is 0.401 e. The van der Waals surface area contributed by atoms with Crippen LogP contribution in [0.3, 0.4) is 0 Å². The molecule has 2 nitrogen and oxygen atoms in total. The zero-order valence-electron chi connectivity index (χ0n) is 10.7. The van der Waals surface area contributed by atoms with Crippen LogP contribution in [-0.2, 0) is 6.54 Å². The van der Waals surface area contributed by atoms with Crippen LogP contribution in [0.25, 0.3) is 0 Å². The van der Waals surface area contributed by atoms with Gasteiger partial charge in [0.1, 0.15) is 6.61 Å². The minimum absolute atomic E-state index is 0.211. The van der Waals surface area contributed by atoms with Gasteiger partial charge in [0.25, 0.3) is 0 Å². The third-order valence-corrected chi connectivity index (χ3v) is 2.52. The van der Waals surface area contributed by atoms with Crippen LogP contribution < -0.4 is 0 Å². The Morgan fingerprint density at radius 1 is 1.21 bits per heavy atom. The second-order valence-corrected chi connectivity index (χ2v) is 4.08. The van der Waals surface area contributed by atoms with Crippen LogP contribution in [0.5, 0.6) is 0 Å². The standard InChI is InChI=1S/C14H16F3NO/c1-2-18(11-14(15,16)17)10-13-7-5-12(6-8-13)4-3-9-19/h5-8,19H,2,9-11H2,1H3. The Morgan fingerprint density at radius 3 is 2.32 bits per heavy atom. The smallest absolute Gasteiger partial charge is 0.384 e. The molecule has 0 saturated heterocycles. The van der Waals surface area contributed by atoms with E-state index < -0.39 is 12.7 Å². The van der Waals surface area contributed by atoms with Crippen molar-refractivity contribution in [2.24, 2.45) is 0 Å². The number of aliphatic hydroxyl groups excluding tert-OH is 1. The molecule has 0 unspecified atom stereocenters. The van der Waals surface area contributed by atoms with Crippen LogP contribution in [0.2, 0.25) is 0 Å². The summed E-state index contributed by atoms with van der Waals surface area (Å²) in [7, 11) is 0. The minimum Gasteiger partial charge on any atom is -0.384 e. The van der Waals surface area contributed by atoms with Crippen LogP contribution in [0.15, 0.2) is 24.3 Å². The summed E-state index contributed by atoms with van der Waals surface area (Å²) >= 11 is 0.